The third kappa shape index (κ3) is 3.20. The number of aromatic nitrogens is 1. The molecule has 0 fully saturated rings. The Morgan fingerprint density at radius 2 is 1.92 bits per heavy atom. The fourth-order valence-electron chi connectivity index (χ4n) is 2.81. The van der Waals surface area contributed by atoms with E-state index >= 15 is 0 Å². The molecule has 0 aliphatic rings. The summed E-state index contributed by atoms with van der Waals surface area (Å²) in [4.78, 5) is 23.2. The first-order valence-corrected chi connectivity index (χ1v) is 8.44. The van der Waals surface area contributed by atoms with Crippen LogP contribution in [0.5, 0.6) is 0 Å². The van der Waals surface area contributed by atoms with Crippen LogP contribution in [0.2, 0.25) is 0 Å². The van der Waals surface area contributed by atoms with Crippen molar-refractivity contribution in [3.63, 3.8) is 0 Å². The van der Waals surface area contributed by atoms with Gasteiger partial charge in [-0.25, -0.2) is 13.6 Å². The van der Waals surface area contributed by atoms with E-state index in [1.807, 2.05) is 5.32 Å². The molecule has 8 heteroatoms. The number of amides is 1. The molecule has 0 spiro atoms. The summed E-state index contributed by atoms with van der Waals surface area (Å²) >= 11 is 3.33. The van der Waals surface area contributed by atoms with Crippen LogP contribution in [-0.4, -0.2) is 15.8 Å². The number of rotatable bonds is 3. The number of nitrogens with zero attached hydrogens (tertiary/aromatic N) is 1. The first kappa shape index (κ1) is 18.1. The number of carbonyl (C=O) groups is 1. The Hall–Kier alpha value is -2.74. The van der Waals surface area contributed by atoms with Gasteiger partial charge in [0.05, 0.1) is 16.9 Å². The first-order chi connectivity index (χ1) is 12.3. The third-order valence-electron chi connectivity index (χ3n) is 3.93. The van der Waals surface area contributed by atoms with E-state index < -0.39 is 17.7 Å². The fourth-order valence-corrected chi connectivity index (χ4v) is 3.16. The number of aryl methyl sites for hydroxylation is 1. The number of halogens is 3. The zero-order chi connectivity index (χ0) is 19.0. The van der Waals surface area contributed by atoms with E-state index in [0.29, 0.717) is 33.6 Å². The Labute approximate surface area is 155 Å². The molecule has 1 amide bonds. The number of fused-ring (bicyclic) bond motifs is 1. The van der Waals surface area contributed by atoms with E-state index in [-0.39, 0.29) is 16.8 Å². The van der Waals surface area contributed by atoms with Crippen molar-refractivity contribution < 1.29 is 18.7 Å². The number of pyridine rings is 1. The van der Waals surface area contributed by atoms with Crippen molar-refractivity contribution in [3.8, 4) is 5.69 Å². The predicted molar refractivity (Wildman–Crippen MR) is 98.2 cm³/mol. The SMILES string of the molecule is CCc1cc(=O)c2ccc(Br)cc2n1-c1cc(NC(=O)O)c(F)cc1F. The molecule has 2 N–H and O–H groups in total. The average Bonchev–Trinajstić information content (AvgIpc) is 2.57. The maximum atomic E-state index is 14.6. The first-order valence-electron chi connectivity index (χ1n) is 7.65. The van der Waals surface area contributed by atoms with Crippen molar-refractivity contribution in [2.24, 2.45) is 0 Å². The van der Waals surface area contributed by atoms with Crippen LogP contribution in [0.3, 0.4) is 0 Å². The average molecular weight is 423 g/mol. The maximum Gasteiger partial charge on any atom is 0.409 e. The predicted octanol–water partition coefficient (Wildman–Crippen LogP) is 4.68. The van der Waals surface area contributed by atoms with Crippen molar-refractivity contribution in [1.82, 2.24) is 4.57 Å². The summed E-state index contributed by atoms with van der Waals surface area (Å²) in [5.41, 5.74) is 0.280. The van der Waals surface area contributed by atoms with Gasteiger partial charge in [-0.1, -0.05) is 22.9 Å². The minimum absolute atomic E-state index is 0.0601. The molecule has 0 unspecified atom stereocenters. The van der Waals surface area contributed by atoms with Crippen LogP contribution in [0.4, 0.5) is 19.3 Å². The molecule has 0 atom stereocenters. The molecule has 26 heavy (non-hydrogen) atoms. The zero-order valence-electron chi connectivity index (χ0n) is 13.5. The van der Waals surface area contributed by atoms with Crippen LogP contribution in [0.25, 0.3) is 16.6 Å². The second kappa shape index (κ2) is 6.87. The highest BCUT2D eigenvalue weighted by Gasteiger charge is 2.17. The summed E-state index contributed by atoms with van der Waals surface area (Å²) in [6, 6.07) is 8.03. The van der Waals surface area contributed by atoms with Crippen LogP contribution >= 0.6 is 15.9 Å². The molecular weight excluding hydrogens is 410 g/mol. The summed E-state index contributed by atoms with van der Waals surface area (Å²) in [6.07, 6.45) is -1.05. The summed E-state index contributed by atoms with van der Waals surface area (Å²) < 4.78 is 30.6. The number of hydrogen-bond acceptors (Lipinski definition) is 2. The lowest BCUT2D eigenvalue weighted by atomic mass is 10.1. The van der Waals surface area contributed by atoms with E-state index in [4.69, 9.17) is 5.11 Å². The van der Waals surface area contributed by atoms with E-state index in [2.05, 4.69) is 15.9 Å². The smallest absolute Gasteiger partial charge is 0.409 e. The highest BCUT2D eigenvalue weighted by Crippen LogP contribution is 2.28. The lowest BCUT2D eigenvalue weighted by molar-refractivity contribution is 0.209. The molecule has 0 saturated heterocycles. The molecule has 3 rings (SSSR count). The molecule has 2 aromatic carbocycles. The number of benzene rings is 2. The number of nitrogens with one attached hydrogen (secondary N) is 1. The van der Waals surface area contributed by atoms with Gasteiger partial charge in [0, 0.05) is 27.7 Å². The fraction of sp³-hybridized carbons (Fsp3) is 0.111. The molecule has 0 aliphatic carbocycles. The van der Waals surface area contributed by atoms with Crippen LogP contribution in [0.1, 0.15) is 12.6 Å². The van der Waals surface area contributed by atoms with Gasteiger partial charge >= 0.3 is 6.09 Å². The molecule has 0 saturated carbocycles. The Kier molecular flexibility index (Phi) is 4.78. The second-order valence-electron chi connectivity index (χ2n) is 5.56. The molecule has 0 radical (unpaired) electrons. The number of hydrogen-bond donors (Lipinski definition) is 2. The monoisotopic (exact) mass is 422 g/mol. The van der Waals surface area contributed by atoms with Gasteiger partial charge in [-0.3, -0.25) is 10.1 Å². The summed E-state index contributed by atoms with van der Waals surface area (Å²) in [6.45, 7) is 1.80. The third-order valence-corrected chi connectivity index (χ3v) is 4.43. The van der Waals surface area contributed by atoms with Gasteiger partial charge < -0.3 is 9.67 Å². The minimum Gasteiger partial charge on any atom is -0.465 e. The minimum atomic E-state index is -1.47. The van der Waals surface area contributed by atoms with Crippen LogP contribution in [0, 0.1) is 11.6 Å². The van der Waals surface area contributed by atoms with Gasteiger partial charge in [0.15, 0.2) is 5.43 Å². The van der Waals surface area contributed by atoms with Gasteiger partial charge in [-0.2, -0.15) is 0 Å². The Morgan fingerprint density at radius 3 is 2.58 bits per heavy atom. The standard InChI is InChI=1S/C18H13BrF2N2O3/c1-2-10-6-17(24)11-4-3-9(19)5-15(11)23(10)16-8-14(22-18(25)26)12(20)7-13(16)21/h3-8,22H,2H2,1H3,(H,25,26). The van der Waals surface area contributed by atoms with Gasteiger partial charge in [0.25, 0.3) is 0 Å². The van der Waals surface area contributed by atoms with E-state index in [0.717, 1.165) is 6.07 Å². The maximum absolute atomic E-state index is 14.6. The highest BCUT2D eigenvalue weighted by molar-refractivity contribution is 9.10. The Morgan fingerprint density at radius 1 is 1.19 bits per heavy atom. The number of anilines is 1. The van der Waals surface area contributed by atoms with E-state index in [1.165, 1.54) is 10.6 Å². The van der Waals surface area contributed by atoms with Crippen molar-refractivity contribution in [3.05, 3.63) is 68.4 Å². The second-order valence-corrected chi connectivity index (χ2v) is 6.48. The van der Waals surface area contributed by atoms with Crippen LogP contribution in [0.15, 0.2) is 45.7 Å². The van der Waals surface area contributed by atoms with Crippen molar-refractivity contribution in [2.45, 2.75) is 13.3 Å². The van der Waals surface area contributed by atoms with Gasteiger partial charge in [-0.05, 0) is 30.7 Å². The lowest BCUT2D eigenvalue weighted by Crippen LogP contribution is -2.15. The van der Waals surface area contributed by atoms with Gasteiger partial charge in [-0.15, -0.1) is 0 Å². The van der Waals surface area contributed by atoms with Crippen molar-refractivity contribution >= 4 is 38.6 Å². The van der Waals surface area contributed by atoms with Gasteiger partial charge in [0.2, 0.25) is 0 Å². The summed E-state index contributed by atoms with van der Waals surface area (Å²) in [5, 5.41) is 11.1. The van der Waals surface area contributed by atoms with E-state index in [9.17, 15) is 18.4 Å². The normalized spacial score (nSPS) is 10.9. The Bertz CT molecular complexity index is 1100. The topological polar surface area (TPSA) is 71.3 Å². The summed E-state index contributed by atoms with van der Waals surface area (Å²) in [7, 11) is 0. The Balaban J connectivity index is 2.41. The quantitative estimate of drug-likeness (QED) is 0.643. The van der Waals surface area contributed by atoms with Crippen LogP contribution < -0.4 is 10.7 Å². The highest BCUT2D eigenvalue weighted by atomic mass is 79.9. The molecule has 134 valence electrons. The van der Waals surface area contributed by atoms with Crippen LogP contribution in [-0.2, 0) is 6.42 Å². The van der Waals surface area contributed by atoms with Crippen molar-refractivity contribution in [1.29, 1.82) is 0 Å². The molecule has 5 nitrogen and oxygen atoms in total. The molecule has 0 aliphatic heterocycles. The van der Waals surface area contributed by atoms with Crippen molar-refractivity contribution in [2.75, 3.05) is 5.32 Å². The lowest BCUT2D eigenvalue weighted by Gasteiger charge is -2.18. The number of carboxylic acid groups (broad SMARTS) is 1. The molecule has 1 aromatic heterocycles. The largest absolute Gasteiger partial charge is 0.465 e. The summed E-state index contributed by atoms with van der Waals surface area (Å²) in [5.74, 6) is -1.91. The molecular formula is C18H13BrF2N2O3. The van der Waals surface area contributed by atoms with Gasteiger partial charge in [0.1, 0.15) is 11.6 Å². The molecule has 0 bridgehead atoms. The molecule has 1 heterocycles. The van der Waals surface area contributed by atoms with E-state index in [1.54, 1.807) is 25.1 Å². The molecule has 3 aromatic rings. The zero-order valence-corrected chi connectivity index (χ0v) is 15.1.